The number of anilines is 1. The third kappa shape index (κ3) is 5.79. The summed E-state index contributed by atoms with van der Waals surface area (Å²) in [7, 11) is 1.85. The molecule has 1 saturated heterocycles. The maximum absolute atomic E-state index is 12.7. The number of primary amides is 1. The summed E-state index contributed by atoms with van der Waals surface area (Å²) in [6, 6.07) is 7.54. The van der Waals surface area contributed by atoms with E-state index in [0.717, 1.165) is 48.3 Å². The quantitative estimate of drug-likeness (QED) is 0.474. The van der Waals surface area contributed by atoms with Gasteiger partial charge in [-0.25, -0.2) is 9.97 Å². The number of rotatable bonds is 9. The van der Waals surface area contributed by atoms with Crippen molar-refractivity contribution in [3.8, 4) is 0 Å². The molecule has 1 aromatic carbocycles. The molecule has 0 unspecified atom stereocenters. The number of fused-ring (bicyclic) bond motifs is 1. The van der Waals surface area contributed by atoms with Gasteiger partial charge >= 0.3 is 0 Å². The van der Waals surface area contributed by atoms with Crippen molar-refractivity contribution in [1.82, 2.24) is 19.4 Å². The fourth-order valence-corrected chi connectivity index (χ4v) is 4.41. The summed E-state index contributed by atoms with van der Waals surface area (Å²) >= 11 is 0. The van der Waals surface area contributed by atoms with Gasteiger partial charge in [0.15, 0.2) is 0 Å². The van der Waals surface area contributed by atoms with Crippen molar-refractivity contribution in [2.24, 2.45) is 5.73 Å². The highest BCUT2D eigenvalue weighted by atomic mass is 16.5. The van der Waals surface area contributed by atoms with Gasteiger partial charge in [0.1, 0.15) is 6.61 Å². The van der Waals surface area contributed by atoms with E-state index in [1.807, 2.05) is 47.2 Å². The lowest BCUT2D eigenvalue weighted by molar-refractivity contribution is -0.137. The highest BCUT2D eigenvalue weighted by Crippen LogP contribution is 2.21. The molecular weight excluding hydrogens is 444 g/mol. The van der Waals surface area contributed by atoms with E-state index in [4.69, 9.17) is 10.5 Å². The lowest BCUT2D eigenvalue weighted by Crippen LogP contribution is -2.47. The van der Waals surface area contributed by atoms with Crippen LogP contribution < -0.4 is 10.6 Å². The molecule has 2 aromatic heterocycles. The van der Waals surface area contributed by atoms with E-state index in [1.54, 1.807) is 12.1 Å². The molecule has 2 N–H and O–H groups in total. The van der Waals surface area contributed by atoms with Crippen molar-refractivity contribution in [3.05, 3.63) is 54.0 Å². The summed E-state index contributed by atoms with van der Waals surface area (Å²) < 4.78 is 7.70. The van der Waals surface area contributed by atoms with E-state index >= 15 is 0 Å². The minimum absolute atomic E-state index is 0.0191. The van der Waals surface area contributed by atoms with Crippen LogP contribution in [0.3, 0.4) is 0 Å². The molecule has 0 aliphatic carbocycles. The zero-order chi connectivity index (χ0) is 24.9. The Morgan fingerprint density at radius 2 is 1.89 bits per heavy atom. The van der Waals surface area contributed by atoms with Gasteiger partial charge in [-0.05, 0) is 47.9 Å². The van der Waals surface area contributed by atoms with Gasteiger partial charge in [0, 0.05) is 62.4 Å². The molecule has 1 aliphatic rings. The minimum atomic E-state index is -0.452. The largest absolute Gasteiger partial charge is 0.370 e. The van der Waals surface area contributed by atoms with Crippen LogP contribution in [-0.2, 0) is 16.1 Å². The number of likely N-dealkylation sites (N-methyl/N-ethyl adjacent to an activating group) is 1. The maximum Gasteiger partial charge on any atom is 0.248 e. The highest BCUT2D eigenvalue weighted by Gasteiger charge is 2.26. The Morgan fingerprint density at radius 3 is 2.54 bits per heavy atom. The molecule has 0 spiro atoms. The number of ether oxygens (including phenoxy) is 1. The normalized spacial score (nSPS) is 14.6. The number of carbonyl (C=O) groups excluding carboxylic acids is 2. The second kappa shape index (κ2) is 10.9. The summed E-state index contributed by atoms with van der Waals surface area (Å²) in [6.07, 6.45) is 7.49. The van der Waals surface area contributed by atoms with Gasteiger partial charge < -0.3 is 24.8 Å². The van der Waals surface area contributed by atoms with Crippen LogP contribution in [0.25, 0.3) is 10.9 Å². The molecule has 0 saturated carbocycles. The van der Waals surface area contributed by atoms with Crippen molar-refractivity contribution >= 4 is 28.7 Å². The van der Waals surface area contributed by atoms with Crippen molar-refractivity contribution < 1.29 is 14.3 Å². The molecule has 9 nitrogen and oxygen atoms in total. The fraction of sp³-hybridized carbons (Fsp3) is 0.462. The Morgan fingerprint density at radius 1 is 1.17 bits per heavy atom. The van der Waals surface area contributed by atoms with E-state index in [0.29, 0.717) is 24.6 Å². The first-order chi connectivity index (χ1) is 16.8. The summed E-state index contributed by atoms with van der Waals surface area (Å²) in [6.45, 7) is 6.91. The number of aromatic nitrogens is 3. The Bertz CT molecular complexity index is 1170. The molecular formula is C26H34N6O3. The molecule has 0 bridgehead atoms. The van der Waals surface area contributed by atoms with Crippen LogP contribution in [0, 0.1) is 0 Å². The molecule has 35 heavy (non-hydrogen) atoms. The van der Waals surface area contributed by atoms with Crippen molar-refractivity contribution in [3.63, 3.8) is 0 Å². The first-order valence-corrected chi connectivity index (χ1v) is 12.1. The van der Waals surface area contributed by atoms with Gasteiger partial charge in [-0.2, -0.15) is 0 Å². The average molecular weight is 479 g/mol. The van der Waals surface area contributed by atoms with Crippen LogP contribution in [0.2, 0.25) is 0 Å². The smallest absolute Gasteiger partial charge is 0.248 e. The van der Waals surface area contributed by atoms with E-state index < -0.39 is 5.91 Å². The van der Waals surface area contributed by atoms with E-state index in [2.05, 4.69) is 28.7 Å². The van der Waals surface area contributed by atoms with Crippen molar-refractivity contribution in [2.45, 2.75) is 45.2 Å². The Balaban J connectivity index is 1.22. The van der Waals surface area contributed by atoms with Gasteiger partial charge in [-0.15, -0.1) is 0 Å². The molecule has 4 rings (SSSR count). The Hall–Kier alpha value is -3.46. The molecule has 3 heterocycles. The summed E-state index contributed by atoms with van der Waals surface area (Å²) in [5, 5.41) is 1.03. The Kier molecular flexibility index (Phi) is 7.65. The molecule has 0 radical (unpaired) electrons. The van der Waals surface area contributed by atoms with Gasteiger partial charge in [0.05, 0.1) is 6.61 Å². The molecule has 9 heteroatoms. The van der Waals surface area contributed by atoms with Crippen LogP contribution in [0.1, 0.15) is 48.5 Å². The number of hydrogen-bond acceptors (Lipinski definition) is 6. The van der Waals surface area contributed by atoms with Crippen LogP contribution in [0.4, 0.5) is 5.95 Å². The molecule has 2 amide bonds. The third-order valence-corrected chi connectivity index (χ3v) is 6.77. The zero-order valence-electron chi connectivity index (χ0n) is 20.7. The topological polar surface area (TPSA) is 107 Å². The number of nitrogens with two attached hydrogens (primary N) is 1. The lowest BCUT2D eigenvalue weighted by Gasteiger charge is -2.36. The minimum Gasteiger partial charge on any atom is -0.370 e. The molecule has 1 fully saturated rings. The van der Waals surface area contributed by atoms with Crippen LogP contribution in [0.5, 0.6) is 0 Å². The fourth-order valence-electron chi connectivity index (χ4n) is 4.41. The number of amides is 2. The van der Waals surface area contributed by atoms with E-state index in [-0.39, 0.29) is 18.6 Å². The number of hydrogen-bond donors (Lipinski definition) is 1. The first-order valence-electron chi connectivity index (χ1n) is 12.1. The van der Waals surface area contributed by atoms with Gasteiger partial charge in [0.25, 0.3) is 0 Å². The predicted molar refractivity (Wildman–Crippen MR) is 135 cm³/mol. The monoisotopic (exact) mass is 478 g/mol. The van der Waals surface area contributed by atoms with Gasteiger partial charge in [-0.3, -0.25) is 9.59 Å². The molecule has 1 aliphatic heterocycles. The first kappa shape index (κ1) is 24.7. The number of nitrogens with zero attached hydrogens (tertiary/aromatic N) is 5. The van der Waals surface area contributed by atoms with E-state index in [9.17, 15) is 9.59 Å². The second-order valence-electron chi connectivity index (χ2n) is 9.39. The molecule has 3 aromatic rings. The SMILES string of the molecule is CC(C)c1cnc(N2CCC(N(C)C(=O)COCCn3ccc4ccc(C(N)=O)cc43)CC2)nc1. The predicted octanol–water partition coefficient (Wildman–Crippen LogP) is 2.80. The second-order valence-corrected chi connectivity index (χ2v) is 9.39. The lowest BCUT2D eigenvalue weighted by atomic mass is 10.0. The maximum atomic E-state index is 12.7. The summed E-state index contributed by atoms with van der Waals surface area (Å²) in [4.78, 5) is 37.2. The molecule has 186 valence electrons. The van der Waals surface area contributed by atoms with Gasteiger partial charge in [0.2, 0.25) is 17.8 Å². The van der Waals surface area contributed by atoms with Crippen molar-refractivity contribution in [2.75, 3.05) is 38.3 Å². The van der Waals surface area contributed by atoms with Crippen LogP contribution in [-0.4, -0.2) is 70.6 Å². The summed E-state index contributed by atoms with van der Waals surface area (Å²) in [5.41, 5.74) is 7.92. The standard InChI is InChI=1S/C26H34N6O3/c1-18(2)21-15-28-26(29-16-21)32-10-7-22(8-11-32)30(3)24(33)17-35-13-12-31-9-6-19-4-5-20(25(27)34)14-23(19)31/h4-6,9,14-16,18,22H,7-8,10-13,17H2,1-3H3,(H2,27,34). The van der Waals surface area contributed by atoms with E-state index in [1.165, 1.54) is 0 Å². The van der Waals surface area contributed by atoms with Crippen molar-refractivity contribution in [1.29, 1.82) is 0 Å². The molecule has 0 atom stereocenters. The average Bonchev–Trinajstić information content (AvgIpc) is 3.28. The van der Waals surface area contributed by atoms with Crippen LogP contribution >= 0.6 is 0 Å². The number of piperidine rings is 1. The zero-order valence-corrected chi connectivity index (χ0v) is 20.7. The number of carbonyl (C=O) groups is 2. The summed E-state index contributed by atoms with van der Waals surface area (Å²) in [5.74, 6) is 0.695. The highest BCUT2D eigenvalue weighted by molar-refractivity contribution is 5.97. The van der Waals surface area contributed by atoms with Gasteiger partial charge in [-0.1, -0.05) is 19.9 Å². The third-order valence-electron chi connectivity index (χ3n) is 6.77. The number of benzene rings is 1. The van der Waals surface area contributed by atoms with Crippen LogP contribution in [0.15, 0.2) is 42.9 Å². The Labute approximate surface area is 205 Å².